The van der Waals surface area contributed by atoms with Crippen molar-refractivity contribution in [3.63, 3.8) is 0 Å². The normalized spacial score (nSPS) is 22.6. The Kier molecular flexibility index (Phi) is 3.05. The number of hydrogen-bond acceptors (Lipinski definition) is 2. The van der Waals surface area contributed by atoms with E-state index in [-0.39, 0.29) is 5.91 Å². The lowest BCUT2D eigenvalue weighted by atomic mass is 10.1. The van der Waals surface area contributed by atoms with Crippen molar-refractivity contribution in [3.05, 3.63) is 35.5 Å². The molecule has 1 fully saturated rings. The highest BCUT2D eigenvalue weighted by atomic mass is 16.3. The summed E-state index contributed by atoms with van der Waals surface area (Å²) in [5.41, 5.74) is 2.45. The molecule has 1 atom stereocenters. The van der Waals surface area contributed by atoms with Gasteiger partial charge in [-0.1, -0.05) is 18.2 Å². The molecule has 3 rings (SSSR count). The maximum atomic E-state index is 12.4. The standard InChI is InChI=1S/C16H20N2O2/c1-11-13(12-5-3-4-6-14(12)17-11)9-15(19)18-8-7-16(2,20)10-18/h3-6,17,20H,7-10H2,1-2H3. The van der Waals surface area contributed by atoms with Crippen LogP contribution in [-0.2, 0) is 11.2 Å². The number of nitrogens with zero attached hydrogens (tertiary/aromatic N) is 1. The minimum absolute atomic E-state index is 0.0932. The van der Waals surface area contributed by atoms with Crippen molar-refractivity contribution >= 4 is 16.8 Å². The molecule has 1 unspecified atom stereocenters. The van der Waals surface area contributed by atoms with E-state index in [4.69, 9.17) is 0 Å². The van der Waals surface area contributed by atoms with Crippen molar-refractivity contribution in [1.29, 1.82) is 0 Å². The second-order valence-electron chi connectivity index (χ2n) is 6.01. The number of amides is 1. The first-order chi connectivity index (χ1) is 9.46. The van der Waals surface area contributed by atoms with Crippen LogP contribution >= 0.6 is 0 Å². The first-order valence-electron chi connectivity index (χ1n) is 7.03. The zero-order chi connectivity index (χ0) is 14.3. The molecule has 2 heterocycles. The van der Waals surface area contributed by atoms with E-state index in [2.05, 4.69) is 4.98 Å². The molecule has 1 aromatic heterocycles. The third kappa shape index (κ3) is 2.31. The number of benzene rings is 1. The van der Waals surface area contributed by atoms with Crippen LogP contribution in [-0.4, -0.2) is 39.6 Å². The minimum Gasteiger partial charge on any atom is -0.388 e. The van der Waals surface area contributed by atoms with E-state index in [1.54, 1.807) is 11.8 Å². The third-order valence-electron chi connectivity index (χ3n) is 4.16. The predicted octanol–water partition coefficient (Wildman–Crippen LogP) is 2.00. The molecule has 0 saturated carbocycles. The van der Waals surface area contributed by atoms with Gasteiger partial charge in [0.2, 0.25) is 5.91 Å². The van der Waals surface area contributed by atoms with Gasteiger partial charge < -0.3 is 15.0 Å². The Balaban J connectivity index is 1.83. The quantitative estimate of drug-likeness (QED) is 0.878. The van der Waals surface area contributed by atoms with Crippen LogP contribution in [0, 0.1) is 6.92 Å². The molecule has 2 N–H and O–H groups in total. The van der Waals surface area contributed by atoms with Gasteiger partial charge in [-0.05, 0) is 31.9 Å². The SMILES string of the molecule is Cc1[nH]c2ccccc2c1CC(=O)N1CCC(C)(O)C1. The second-order valence-corrected chi connectivity index (χ2v) is 6.01. The number of carbonyl (C=O) groups excluding carboxylic acids is 1. The highest BCUT2D eigenvalue weighted by Crippen LogP contribution is 2.25. The first kappa shape index (κ1) is 13.2. The fourth-order valence-corrected chi connectivity index (χ4v) is 2.98. The lowest BCUT2D eigenvalue weighted by molar-refractivity contribution is -0.130. The van der Waals surface area contributed by atoms with Crippen LogP contribution in [0.15, 0.2) is 24.3 Å². The molecule has 0 aliphatic carbocycles. The maximum Gasteiger partial charge on any atom is 0.227 e. The monoisotopic (exact) mass is 272 g/mol. The lowest BCUT2D eigenvalue weighted by Gasteiger charge is -2.19. The van der Waals surface area contributed by atoms with E-state index in [1.165, 1.54) is 0 Å². The zero-order valence-electron chi connectivity index (χ0n) is 11.9. The van der Waals surface area contributed by atoms with Gasteiger partial charge in [0.15, 0.2) is 0 Å². The van der Waals surface area contributed by atoms with E-state index < -0.39 is 5.60 Å². The Morgan fingerprint density at radius 3 is 2.90 bits per heavy atom. The fraction of sp³-hybridized carbons (Fsp3) is 0.438. The van der Waals surface area contributed by atoms with Crippen LogP contribution in [0.3, 0.4) is 0 Å². The highest BCUT2D eigenvalue weighted by molar-refractivity contribution is 5.90. The molecule has 1 saturated heterocycles. The Morgan fingerprint density at radius 2 is 2.20 bits per heavy atom. The Labute approximate surface area is 118 Å². The molecule has 0 bridgehead atoms. The molecule has 2 aromatic rings. The summed E-state index contributed by atoms with van der Waals surface area (Å²) < 4.78 is 0. The number of hydrogen-bond donors (Lipinski definition) is 2. The molecule has 20 heavy (non-hydrogen) atoms. The zero-order valence-corrected chi connectivity index (χ0v) is 11.9. The van der Waals surface area contributed by atoms with Crippen LogP contribution in [0.1, 0.15) is 24.6 Å². The number of aliphatic hydroxyl groups is 1. The van der Waals surface area contributed by atoms with Crippen molar-refractivity contribution < 1.29 is 9.90 Å². The number of aryl methyl sites for hydroxylation is 1. The fourth-order valence-electron chi connectivity index (χ4n) is 2.98. The number of nitrogens with one attached hydrogen (secondary N) is 1. The molecule has 106 valence electrons. The van der Waals surface area contributed by atoms with Crippen LogP contribution < -0.4 is 0 Å². The van der Waals surface area contributed by atoms with E-state index in [9.17, 15) is 9.90 Å². The van der Waals surface area contributed by atoms with E-state index in [0.29, 0.717) is 25.9 Å². The van der Waals surface area contributed by atoms with Crippen molar-refractivity contribution in [2.45, 2.75) is 32.3 Å². The van der Waals surface area contributed by atoms with Crippen LogP contribution in [0.25, 0.3) is 10.9 Å². The number of H-pyrrole nitrogens is 1. The summed E-state index contributed by atoms with van der Waals surface area (Å²) in [6.45, 7) is 4.88. The molecule has 1 aromatic carbocycles. The van der Waals surface area contributed by atoms with Gasteiger partial charge in [0, 0.05) is 29.7 Å². The smallest absolute Gasteiger partial charge is 0.227 e. The molecular weight excluding hydrogens is 252 g/mol. The number of para-hydroxylation sites is 1. The van der Waals surface area contributed by atoms with E-state index >= 15 is 0 Å². The summed E-state index contributed by atoms with van der Waals surface area (Å²) in [5, 5.41) is 11.1. The van der Waals surface area contributed by atoms with Crippen LogP contribution in [0.5, 0.6) is 0 Å². The number of carbonyl (C=O) groups is 1. The molecular formula is C16H20N2O2. The van der Waals surface area contributed by atoms with Gasteiger partial charge in [0.05, 0.1) is 12.0 Å². The molecule has 1 aliphatic heterocycles. The number of rotatable bonds is 2. The molecule has 4 heteroatoms. The molecule has 0 radical (unpaired) electrons. The van der Waals surface area contributed by atoms with E-state index in [0.717, 1.165) is 22.2 Å². The number of β-amino-alcohol motifs (C(OH)–C–C–N with tert-alkyl or cyclic N) is 1. The van der Waals surface area contributed by atoms with Crippen molar-refractivity contribution in [2.75, 3.05) is 13.1 Å². The summed E-state index contributed by atoms with van der Waals surface area (Å²) in [5.74, 6) is 0.0932. The average molecular weight is 272 g/mol. The van der Waals surface area contributed by atoms with Gasteiger partial charge in [0.25, 0.3) is 0 Å². The Hall–Kier alpha value is -1.81. The van der Waals surface area contributed by atoms with Gasteiger partial charge in [-0.3, -0.25) is 4.79 Å². The third-order valence-corrected chi connectivity index (χ3v) is 4.16. The summed E-state index contributed by atoms with van der Waals surface area (Å²) in [4.78, 5) is 17.5. The van der Waals surface area contributed by atoms with Gasteiger partial charge in [0.1, 0.15) is 0 Å². The van der Waals surface area contributed by atoms with Crippen LogP contribution in [0.2, 0.25) is 0 Å². The van der Waals surface area contributed by atoms with Crippen molar-refractivity contribution in [3.8, 4) is 0 Å². The van der Waals surface area contributed by atoms with Crippen molar-refractivity contribution in [1.82, 2.24) is 9.88 Å². The van der Waals surface area contributed by atoms with E-state index in [1.807, 2.05) is 31.2 Å². The van der Waals surface area contributed by atoms with Crippen LogP contribution in [0.4, 0.5) is 0 Å². The molecule has 1 aliphatic rings. The summed E-state index contributed by atoms with van der Waals surface area (Å²) in [6, 6.07) is 8.05. The van der Waals surface area contributed by atoms with Gasteiger partial charge in [-0.15, -0.1) is 0 Å². The topological polar surface area (TPSA) is 56.3 Å². The van der Waals surface area contributed by atoms with Crippen molar-refractivity contribution in [2.24, 2.45) is 0 Å². The average Bonchev–Trinajstić information content (AvgIpc) is 2.91. The van der Waals surface area contributed by atoms with Gasteiger partial charge in [-0.2, -0.15) is 0 Å². The minimum atomic E-state index is -0.731. The first-order valence-corrected chi connectivity index (χ1v) is 7.03. The number of fused-ring (bicyclic) bond motifs is 1. The lowest BCUT2D eigenvalue weighted by Crippen LogP contribution is -2.34. The highest BCUT2D eigenvalue weighted by Gasteiger charge is 2.34. The van der Waals surface area contributed by atoms with Gasteiger partial charge in [-0.25, -0.2) is 0 Å². The molecule has 1 amide bonds. The summed E-state index contributed by atoms with van der Waals surface area (Å²) in [7, 11) is 0. The summed E-state index contributed by atoms with van der Waals surface area (Å²) >= 11 is 0. The number of aromatic nitrogens is 1. The Morgan fingerprint density at radius 1 is 1.45 bits per heavy atom. The van der Waals surface area contributed by atoms with Gasteiger partial charge >= 0.3 is 0 Å². The largest absolute Gasteiger partial charge is 0.388 e. The number of aromatic amines is 1. The number of likely N-dealkylation sites (tertiary alicyclic amines) is 1. The molecule has 0 spiro atoms. The second kappa shape index (κ2) is 4.63. The predicted molar refractivity (Wildman–Crippen MR) is 78.6 cm³/mol. The Bertz CT molecular complexity index is 658. The maximum absolute atomic E-state index is 12.4. The molecule has 4 nitrogen and oxygen atoms in total. The summed E-state index contributed by atoms with van der Waals surface area (Å²) in [6.07, 6.45) is 1.05.